The third kappa shape index (κ3) is 2.54. The van der Waals surface area contributed by atoms with Crippen molar-refractivity contribution in [3.05, 3.63) is 17.8 Å². The van der Waals surface area contributed by atoms with Gasteiger partial charge < -0.3 is 9.47 Å². The number of ether oxygens (including phenoxy) is 2. The Morgan fingerprint density at radius 2 is 2.41 bits per heavy atom. The van der Waals surface area contributed by atoms with Gasteiger partial charge in [-0.1, -0.05) is 0 Å². The minimum atomic E-state index is -2.51. The zero-order valence-electron chi connectivity index (χ0n) is 13.0. The highest BCUT2D eigenvalue weighted by molar-refractivity contribution is 7.98. The Morgan fingerprint density at radius 1 is 1.59 bits per heavy atom. The number of methoxy groups -OCH3 is 1. The Morgan fingerprint density at radius 3 is 3.00 bits per heavy atom. The molecule has 1 aliphatic heterocycles. The molecule has 0 radical (unpaired) electrons. The van der Waals surface area contributed by atoms with Crippen molar-refractivity contribution in [1.29, 1.82) is 0 Å². The predicted octanol–water partition coefficient (Wildman–Crippen LogP) is 2.37. The van der Waals surface area contributed by atoms with Gasteiger partial charge >= 0.3 is 0 Å². The van der Waals surface area contributed by atoms with Gasteiger partial charge in [-0.2, -0.15) is 0 Å². The third-order valence-electron chi connectivity index (χ3n) is 2.36. The molecular formula is C12H16N2O2S. The number of aliphatic imine (C=N–C) groups is 1. The van der Waals surface area contributed by atoms with Crippen molar-refractivity contribution in [3.63, 3.8) is 0 Å². The van der Waals surface area contributed by atoms with Crippen molar-refractivity contribution in [3.8, 4) is 5.88 Å². The first-order valence-corrected chi connectivity index (χ1v) is 6.39. The maximum absolute atomic E-state index is 7.09. The standard InChI is InChI=1S/C12H16N2O2S/c1-12(2)7-16-11(14-12)8-6-13-10(15-3)5-9(8)17-4/h5-6H,7H2,1-4H3/i3D3. The fourth-order valence-corrected chi connectivity index (χ4v) is 2.11. The number of hydrogen-bond acceptors (Lipinski definition) is 5. The van der Waals surface area contributed by atoms with Crippen molar-refractivity contribution in [2.24, 2.45) is 4.99 Å². The Balaban J connectivity index is 2.32. The van der Waals surface area contributed by atoms with Gasteiger partial charge in [0.15, 0.2) is 0 Å². The quantitative estimate of drug-likeness (QED) is 0.778. The van der Waals surface area contributed by atoms with Gasteiger partial charge in [0, 0.05) is 17.2 Å². The van der Waals surface area contributed by atoms with E-state index in [1.807, 2.05) is 20.1 Å². The molecule has 5 heteroatoms. The summed E-state index contributed by atoms with van der Waals surface area (Å²) in [6, 6.07) is 1.59. The van der Waals surface area contributed by atoms with Gasteiger partial charge in [-0.05, 0) is 20.1 Å². The lowest BCUT2D eigenvalue weighted by Gasteiger charge is -2.08. The highest BCUT2D eigenvalue weighted by atomic mass is 32.2. The lowest BCUT2D eigenvalue weighted by Crippen LogP contribution is -2.17. The van der Waals surface area contributed by atoms with E-state index in [4.69, 9.17) is 13.6 Å². The van der Waals surface area contributed by atoms with Gasteiger partial charge in [0.2, 0.25) is 11.8 Å². The van der Waals surface area contributed by atoms with E-state index in [-0.39, 0.29) is 11.4 Å². The van der Waals surface area contributed by atoms with Gasteiger partial charge in [-0.15, -0.1) is 11.8 Å². The molecule has 0 aliphatic carbocycles. The number of nitrogens with zero attached hydrogens (tertiary/aromatic N) is 2. The lowest BCUT2D eigenvalue weighted by atomic mass is 10.1. The van der Waals surface area contributed by atoms with Gasteiger partial charge in [-0.25, -0.2) is 9.98 Å². The molecule has 0 amide bonds. The summed E-state index contributed by atoms with van der Waals surface area (Å²) in [5, 5.41) is 0. The summed E-state index contributed by atoms with van der Waals surface area (Å²) in [7, 11) is -2.51. The first-order valence-electron chi connectivity index (χ1n) is 6.66. The molecule has 1 aromatic heterocycles. The molecule has 0 N–H and O–H groups in total. The number of rotatable bonds is 3. The molecule has 0 aromatic carbocycles. The van der Waals surface area contributed by atoms with Crippen LogP contribution < -0.4 is 4.74 Å². The van der Waals surface area contributed by atoms with Crippen LogP contribution in [0, 0.1) is 0 Å². The summed E-state index contributed by atoms with van der Waals surface area (Å²) < 4.78 is 31.6. The second-order valence-electron chi connectivity index (χ2n) is 4.34. The van der Waals surface area contributed by atoms with Crippen LogP contribution in [0.25, 0.3) is 0 Å². The Kier molecular flexibility index (Phi) is 2.36. The number of aromatic nitrogens is 1. The first-order chi connectivity index (χ1) is 9.20. The van der Waals surface area contributed by atoms with Crippen LogP contribution in [0.1, 0.15) is 23.5 Å². The Hall–Kier alpha value is -1.23. The molecule has 1 aliphatic rings. The zero-order chi connectivity index (χ0) is 15.0. The summed E-state index contributed by atoms with van der Waals surface area (Å²) >= 11 is 1.46. The van der Waals surface area contributed by atoms with Crippen molar-refractivity contribution < 1.29 is 13.6 Å². The van der Waals surface area contributed by atoms with Gasteiger partial charge in [0.1, 0.15) is 6.61 Å². The van der Waals surface area contributed by atoms with Crippen LogP contribution in [-0.4, -0.2) is 36.3 Å². The molecule has 0 unspecified atom stereocenters. The van der Waals surface area contributed by atoms with Crippen LogP contribution >= 0.6 is 11.8 Å². The zero-order valence-corrected chi connectivity index (χ0v) is 10.8. The van der Waals surface area contributed by atoms with E-state index in [9.17, 15) is 0 Å². The van der Waals surface area contributed by atoms with E-state index < -0.39 is 7.04 Å². The molecule has 2 heterocycles. The summed E-state index contributed by atoms with van der Waals surface area (Å²) in [6.07, 6.45) is 3.42. The molecule has 2 rings (SSSR count). The molecule has 1 aromatic rings. The molecule has 0 atom stereocenters. The largest absolute Gasteiger partial charge is 0.481 e. The maximum atomic E-state index is 7.09. The van der Waals surface area contributed by atoms with Crippen molar-refractivity contribution in [1.82, 2.24) is 4.98 Å². The molecule has 0 bridgehead atoms. The Bertz CT molecular complexity index is 544. The minimum Gasteiger partial charge on any atom is -0.481 e. The highest BCUT2D eigenvalue weighted by Crippen LogP contribution is 2.28. The topological polar surface area (TPSA) is 43.7 Å². The van der Waals surface area contributed by atoms with E-state index in [0.717, 1.165) is 10.5 Å². The highest BCUT2D eigenvalue weighted by Gasteiger charge is 2.28. The van der Waals surface area contributed by atoms with Crippen LogP contribution in [0.2, 0.25) is 0 Å². The number of pyridine rings is 1. The van der Waals surface area contributed by atoms with Crippen LogP contribution in [0.4, 0.5) is 0 Å². The number of hydrogen-bond donors (Lipinski definition) is 0. The first kappa shape index (κ1) is 8.80. The summed E-state index contributed by atoms with van der Waals surface area (Å²) in [5.41, 5.74) is 0.500. The molecule has 0 spiro atoms. The van der Waals surface area contributed by atoms with Crippen molar-refractivity contribution >= 4 is 17.7 Å². The van der Waals surface area contributed by atoms with E-state index in [0.29, 0.717) is 12.5 Å². The second-order valence-corrected chi connectivity index (χ2v) is 5.19. The molecule has 17 heavy (non-hydrogen) atoms. The SMILES string of the molecule is [2H]C([2H])([2H])Oc1cc(SC)c(C2=NC(C)(C)CO2)cn1. The Labute approximate surface area is 110 Å². The summed E-state index contributed by atoms with van der Waals surface area (Å²) in [5.74, 6) is 0.600. The molecule has 92 valence electrons. The molecule has 0 fully saturated rings. The smallest absolute Gasteiger partial charge is 0.219 e. The fraction of sp³-hybridized carbons (Fsp3) is 0.500. The van der Waals surface area contributed by atoms with Gasteiger partial charge in [-0.3, -0.25) is 0 Å². The molecule has 0 saturated carbocycles. The van der Waals surface area contributed by atoms with E-state index in [2.05, 4.69) is 9.98 Å². The average Bonchev–Trinajstić information content (AvgIpc) is 2.67. The summed E-state index contributed by atoms with van der Waals surface area (Å²) in [6.45, 7) is 4.49. The van der Waals surface area contributed by atoms with Crippen LogP contribution in [0.5, 0.6) is 5.88 Å². The number of thioether (sulfide) groups is 1. The monoisotopic (exact) mass is 255 g/mol. The van der Waals surface area contributed by atoms with Crippen molar-refractivity contribution in [2.75, 3.05) is 19.9 Å². The van der Waals surface area contributed by atoms with Crippen LogP contribution in [0.3, 0.4) is 0 Å². The van der Waals surface area contributed by atoms with Crippen molar-refractivity contribution in [2.45, 2.75) is 24.3 Å². The summed E-state index contributed by atoms with van der Waals surface area (Å²) in [4.78, 5) is 9.32. The predicted molar refractivity (Wildman–Crippen MR) is 69.1 cm³/mol. The normalized spacial score (nSPS) is 20.9. The molecular weight excluding hydrogens is 236 g/mol. The van der Waals surface area contributed by atoms with Crippen LogP contribution in [0.15, 0.2) is 22.2 Å². The van der Waals surface area contributed by atoms with E-state index in [1.165, 1.54) is 18.0 Å². The van der Waals surface area contributed by atoms with Crippen LogP contribution in [-0.2, 0) is 4.74 Å². The maximum Gasteiger partial charge on any atom is 0.219 e. The van der Waals surface area contributed by atoms with E-state index in [1.54, 1.807) is 6.07 Å². The lowest BCUT2D eigenvalue weighted by molar-refractivity contribution is 0.279. The second kappa shape index (κ2) is 4.56. The van der Waals surface area contributed by atoms with Gasteiger partial charge in [0.05, 0.1) is 22.3 Å². The average molecular weight is 255 g/mol. The molecule has 0 saturated heterocycles. The van der Waals surface area contributed by atoms with Gasteiger partial charge in [0.25, 0.3) is 0 Å². The fourth-order valence-electron chi connectivity index (χ4n) is 1.53. The van der Waals surface area contributed by atoms with E-state index >= 15 is 0 Å². The minimum absolute atomic E-state index is 0.0657. The molecule has 4 nitrogen and oxygen atoms in total. The third-order valence-corrected chi connectivity index (χ3v) is 3.14.